The average molecular weight is 363 g/mol. The molecule has 0 atom stereocenters. The zero-order valence-corrected chi connectivity index (χ0v) is 14.6. The van der Waals surface area contributed by atoms with Crippen molar-refractivity contribution in [1.29, 1.82) is 0 Å². The summed E-state index contributed by atoms with van der Waals surface area (Å²) in [6.07, 6.45) is 1.50. The number of nitrogens with one attached hydrogen (secondary N) is 1. The number of aryl methyl sites for hydroxylation is 1. The summed E-state index contributed by atoms with van der Waals surface area (Å²) in [6, 6.07) is 6.55. The smallest absolute Gasteiger partial charge is 0.274 e. The van der Waals surface area contributed by atoms with E-state index in [2.05, 4.69) is 10.4 Å². The molecule has 0 unspecified atom stereocenters. The number of carbonyl (C=O) groups is 2. The predicted molar refractivity (Wildman–Crippen MR) is 94.0 cm³/mol. The molecule has 0 saturated carbocycles. The summed E-state index contributed by atoms with van der Waals surface area (Å²) in [5.41, 5.74) is 1.24. The topological polar surface area (TPSA) is 76.5 Å². The fourth-order valence-electron chi connectivity index (χ4n) is 2.65. The minimum Gasteiger partial charge on any atom is -0.378 e. The van der Waals surface area contributed by atoms with Crippen molar-refractivity contribution in [2.45, 2.75) is 13.5 Å². The minimum absolute atomic E-state index is 0.158. The maximum Gasteiger partial charge on any atom is 0.274 e. The van der Waals surface area contributed by atoms with Gasteiger partial charge in [-0.05, 0) is 31.2 Å². The molecule has 1 N–H and O–H groups in total. The molecule has 0 bridgehead atoms. The molecule has 7 nitrogen and oxygen atoms in total. The van der Waals surface area contributed by atoms with Crippen LogP contribution >= 0.6 is 11.6 Å². The van der Waals surface area contributed by atoms with Gasteiger partial charge in [0.1, 0.15) is 5.69 Å². The van der Waals surface area contributed by atoms with Gasteiger partial charge in [0.05, 0.1) is 25.1 Å². The molecule has 2 aromatic rings. The van der Waals surface area contributed by atoms with Gasteiger partial charge in [-0.3, -0.25) is 14.3 Å². The van der Waals surface area contributed by atoms with Crippen LogP contribution in [0.3, 0.4) is 0 Å². The number of aromatic nitrogens is 2. The lowest BCUT2D eigenvalue weighted by molar-refractivity contribution is 0.0295. The predicted octanol–water partition coefficient (Wildman–Crippen LogP) is 2.28. The Hall–Kier alpha value is -2.38. The number of halogens is 1. The van der Waals surface area contributed by atoms with Crippen molar-refractivity contribution in [3.8, 4) is 0 Å². The quantitative estimate of drug-likeness (QED) is 0.905. The first-order valence-electron chi connectivity index (χ1n) is 8.10. The Balaban J connectivity index is 1.84. The van der Waals surface area contributed by atoms with Crippen molar-refractivity contribution in [2.75, 3.05) is 31.6 Å². The number of anilines is 1. The maximum atomic E-state index is 12.9. The van der Waals surface area contributed by atoms with Crippen molar-refractivity contribution in [1.82, 2.24) is 14.7 Å². The van der Waals surface area contributed by atoms with E-state index < -0.39 is 0 Å². The van der Waals surface area contributed by atoms with Gasteiger partial charge in [0, 0.05) is 30.2 Å². The molecule has 2 amide bonds. The molecular weight excluding hydrogens is 344 g/mol. The molecule has 0 radical (unpaired) electrons. The first-order chi connectivity index (χ1) is 12.1. The molecule has 1 aromatic carbocycles. The molecule has 1 saturated heterocycles. The molecule has 1 aliphatic rings. The second-order valence-corrected chi connectivity index (χ2v) is 6.02. The van der Waals surface area contributed by atoms with Gasteiger partial charge in [0.15, 0.2) is 0 Å². The van der Waals surface area contributed by atoms with E-state index in [9.17, 15) is 9.59 Å². The molecule has 2 heterocycles. The van der Waals surface area contributed by atoms with Crippen LogP contribution < -0.4 is 5.32 Å². The van der Waals surface area contributed by atoms with E-state index in [0.717, 1.165) is 0 Å². The number of morpholine rings is 1. The summed E-state index contributed by atoms with van der Waals surface area (Å²) >= 11 is 5.85. The summed E-state index contributed by atoms with van der Waals surface area (Å²) < 4.78 is 6.88. The van der Waals surface area contributed by atoms with Gasteiger partial charge in [-0.2, -0.15) is 5.10 Å². The van der Waals surface area contributed by atoms with E-state index in [0.29, 0.717) is 54.8 Å². The van der Waals surface area contributed by atoms with Crippen molar-refractivity contribution in [3.05, 3.63) is 46.7 Å². The Bertz CT molecular complexity index is 767. The monoisotopic (exact) mass is 362 g/mol. The largest absolute Gasteiger partial charge is 0.378 e. The van der Waals surface area contributed by atoms with Crippen LogP contribution in [0.25, 0.3) is 0 Å². The number of hydrogen-bond acceptors (Lipinski definition) is 4. The minimum atomic E-state index is -0.316. The van der Waals surface area contributed by atoms with Gasteiger partial charge in [0.2, 0.25) is 0 Å². The first-order valence-corrected chi connectivity index (χ1v) is 8.47. The third kappa shape index (κ3) is 3.83. The lowest BCUT2D eigenvalue weighted by atomic mass is 10.2. The lowest BCUT2D eigenvalue weighted by Gasteiger charge is -2.27. The standard InChI is InChI=1S/C17H19ClN4O3/c1-2-22-15(17(24)21-7-9-25-10-8-21)14(11-19-22)20-16(23)12-3-5-13(18)6-4-12/h3-6,11H,2,7-10H2,1H3,(H,20,23). The second kappa shape index (κ2) is 7.67. The van der Waals surface area contributed by atoms with E-state index in [4.69, 9.17) is 16.3 Å². The molecule has 0 aliphatic carbocycles. The fourth-order valence-corrected chi connectivity index (χ4v) is 2.78. The lowest BCUT2D eigenvalue weighted by Crippen LogP contribution is -2.41. The highest BCUT2D eigenvalue weighted by Crippen LogP contribution is 2.20. The number of benzene rings is 1. The zero-order valence-electron chi connectivity index (χ0n) is 13.9. The van der Waals surface area contributed by atoms with Crippen LogP contribution in [0.1, 0.15) is 27.8 Å². The number of carbonyl (C=O) groups excluding carboxylic acids is 2. The van der Waals surface area contributed by atoms with Gasteiger partial charge in [-0.15, -0.1) is 0 Å². The number of ether oxygens (including phenoxy) is 1. The highest BCUT2D eigenvalue weighted by Gasteiger charge is 2.26. The van der Waals surface area contributed by atoms with E-state index in [-0.39, 0.29) is 11.8 Å². The maximum absolute atomic E-state index is 12.9. The molecule has 132 valence electrons. The molecule has 0 spiro atoms. The molecule has 1 fully saturated rings. The Morgan fingerprint density at radius 3 is 2.56 bits per heavy atom. The van der Waals surface area contributed by atoms with Gasteiger partial charge in [-0.25, -0.2) is 0 Å². The number of nitrogens with zero attached hydrogens (tertiary/aromatic N) is 3. The van der Waals surface area contributed by atoms with E-state index in [1.807, 2.05) is 6.92 Å². The number of amides is 2. The average Bonchev–Trinajstić information content (AvgIpc) is 3.05. The summed E-state index contributed by atoms with van der Waals surface area (Å²) in [6.45, 7) is 4.50. The molecule has 1 aliphatic heterocycles. The highest BCUT2D eigenvalue weighted by atomic mass is 35.5. The van der Waals surface area contributed by atoms with E-state index >= 15 is 0 Å². The van der Waals surface area contributed by atoms with Crippen LogP contribution in [0.2, 0.25) is 5.02 Å². The van der Waals surface area contributed by atoms with Crippen molar-refractivity contribution in [3.63, 3.8) is 0 Å². The zero-order chi connectivity index (χ0) is 17.8. The van der Waals surface area contributed by atoms with Crippen molar-refractivity contribution in [2.24, 2.45) is 0 Å². The second-order valence-electron chi connectivity index (χ2n) is 5.59. The summed E-state index contributed by atoms with van der Waals surface area (Å²) in [4.78, 5) is 27.0. The molecule has 1 aromatic heterocycles. The Morgan fingerprint density at radius 2 is 1.92 bits per heavy atom. The van der Waals surface area contributed by atoms with Gasteiger partial charge < -0.3 is 15.0 Å². The normalized spacial score (nSPS) is 14.4. The molecule has 8 heteroatoms. The van der Waals surface area contributed by atoms with Crippen LogP contribution in [-0.2, 0) is 11.3 Å². The van der Waals surface area contributed by atoms with Gasteiger partial charge >= 0.3 is 0 Å². The van der Waals surface area contributed by atoms with Crippen molar-refractivity contribution >= 4 is 29.1 Å². The van der Waals surface area contributed by atoms with Crippen LogP contribution in [-0.4, -0.2) is 52.8 Å². The third-order valence-corrected chi connectivity index (χ3v) is 4.25. The van der Waals surface area contributed by atoms with Crippen LogP contribution in [0.15, 0.2) is 30.5 Å². The van der Waals surface area contributed by atoms with Crippen LogP contribution in [0, 0.1) is 0 Å². The Labute approximate surface area is 150 Å². The van der Waals surface area contributed by atoms with Crippen LogP contribution in [0.5, 0.6) is 0 Å². The van der Waals surface area contributed by atoms with Crippen molar-refractivity contribution < 1.29 is 14.3 Å². The number of rotatable bonds is 4. The Kier molecular flexibility index (Phi) is 5.35. The summed E-state index contributed by atoms with van der Waals surface area (Å²) in [5.74, 6) is -0.475. The van der Waals surface area contributed by atoms with Gasteiger partial charge in [-0.1, -0.05) is 11.6 Å². The first kappa shape index (κ1) is 17.4. The number of hydrogen-bond donors (Lipinski definition) is 1. The van der Waals surface area contributed by atoms with E-state index in [1.165, 1.54) is 6.20 Å². The third-order valence-electron chi connectivity index (χ3n) is 3.99. The highest BCUT2D eigenvalue weighted by molar-refractivity contribution is 6.30. The SMILES string of the molecule is CCn1ncc(NC(=O)c2ccc(Cl)cc2)c1C(=O)N1CCOCC1. The summed E-state index contributed by atoms with van der Waals surface area (Å²) in [5, 5.41) is 7.54. The van der Waals surface area contributed by atoms with E-state index in [1.54, 1.807) is 33.8 Å². The molecular formula is C17H19ClN4O3. The summed E-state index contributed by atoms with van der Waals surface area (Å²) in [7, 11) is 0. The Morgan fingerprint density at radius 1 is 1.24 bits per heavy atom. The molecule has 25 heavy (non-hydrogen) atoms. The van der Waals surface area contributed by atoms with Gasteiger partial charge in [0.25, 0.3) is 11.8 Å². The fraction of sp³-hybridized carbons (Fsp3) is 0.353. The van der Waals surface area contributed by atoms with Crippen LogP contribution in [0.4, 0.5) is 5.69 Å². The molecule has 3 rings (SSSR count).